The molecular formula is C15H21NO2. The fraction of sp³-hybridized carbons (Fsp3) is 0.533. The van der Waals surface area contributed by atoms with Gasteiger partial charge in [0.2, 0.25) is 0 Å². The van der Waals surface area contributed by atoms with Crippen LogP contribution in [0.1, 0.15) is 36.3 Å². The Morgan fingerprint density at radius 3 is 2.61 bits per heavy atom. The van der Waals surface area contributed by atoms with Gasteiger partial charge in [0, 0.05) is 6.04 Å². The van der Waals surface area contributed by atoms with Crippen LogP contribution in [-0.2, 0) is 9.53 Å². The molecule has 0 aliphatic carbocycles. The van der Waals surface area contributed by atoms with Gasteiger partial charge in [-0.3, -0.25) is 4.79 Å². The highest BCUT2D eigenvalue weighted by atomic mass is 16.5. The minimum atomic E-state index is -0.184. The summed E-state index contributed by atoms with van der Waals surface area (Å²) in [6.45, 7) is 3.04. The van der Waals surface area contributed by atoms with Gasteiger partial charge in [0.25, 0.3) is 0 Å². The fourth-order valence-electron chi connectivity index (χ4n) is 2.60. The van der Waals surface area contributed by atoms with E-state index in [1.807, 2.05) is 24.3 Å². The molecule has 1 aliphatic heterocycles. The van der Waals surface area contributed by atoms with Gasteiger partial charge in [-0.1, -0.05) is 36.2 Å². The minimum absolute atomic E-state index is 0.141. The number of piperidine rings is 1. The molecule has 3 heteroatoms. The molecule has 1 aliphatic rings. The smallest absolute Gasteiger partial charge is 0.314 e. The molecule has 0 saturated carbocycles. The van der Waals surface area contributed by atoms with Crippen molar-refractivity contribution in [1.82, 2.24) is 5.32 Å². The lowest BCUT2D eigenvalue weighted by atomic mass is 9.86. The van der Waals surface area contributed by atoms with Crippen LogP contribution in [0.15, 0.2) is 24.3 Å². The SMILES string of the molecule is COC(=O)C(c1ccc(C)cc1)C1CCCCN1. The van der Waals surface area contributed by atoms with Crippen molar-refractivity contribution in [3.05, 3.63) is 35.4 Å². The fourth-order valence-corrected chi connectivity index (χ4v) is 2.60. The maximum atomic E-state index is 12.0. The molecule has 98 valence electrons. The van der Waals surface area contributed by atoms with Gasteiger partial charge >= 0.3 is 5.97 Å². The lowest BCUT2D eigenvalue weighted by Crippen LogP contribution is -2.42. The Bertz CT molecular complexity index is 393. The Kier molecular flexibility index (Phi) is 4.37. The molecule has 1 fully saturated rings. The van der Waals surface area contributed by atoms with Gasteiger partial charge < -0.3 is 10.1 Å². The van der Waals surface area contributed by atoms with Crippen molar-refractivity contribution in [1.29, 1.82) is 0 Å². The first-order valence-electron chi connectivity index (χ1n) is 6.60. The quantitative estimate of drug-likeness (QED) is 0.833. The molecule has 1 heterocycles. The molecule has 1 aromatic carbocycles. The topological polar surface area (TPSA) is 38.3 Å². The number of nitrogens with one attached hydrogen (secondary N) is 1. The molecule has 18 heavy (non-hydrogen) atoms. The molecule has 2 atom stereocenters. The second kappa shape index (κ2) is 6.01. The summed E-state index contributed by atoms with van der Waals surface area (Å²) in [7, 11) is 1.46. The number of rotatable bonds is 3. The first-order chi connectivity index (χ1) is 8.72. The summed E-state index contributed by atoms with van der Waals surface area (Å²) in [5.41, 5.74) is 2.26. The summed E-state index contributed by atoms with van der Waals surface area (Å²) in [6, 6.07) is 8.37. The number of carbonyl (C=O) groups excluding carboxylic acids is 1. The van der Waals surface area contributed by atoms with E-state index in [0.717, 1.165) is 18.5 Å². The molecule has 1 N–H and O–H groups in total. The van der Waals surface area contributed by atoms with Gasteiger partial charge in [0.05, 0.1) is 13.0 Å². The van der Waals surface area contributed by atoms with Crippen LogP contribution in [0.4, 0.5) is 0 Å². The third kappa shape index (κ3) is 2.91. The molecular weight excluding hydrogens is 226 g/mol. The van der Waals surface area contributed by atoms with Crippen LogP contribution in [0.3, 0.4) is 0 Å². The molecule has 1 saturated heterocycles. The van der Waals surface area contributed by atoms with Gasteiger partial charge in [0.15, 0.2) is 0 Å². The van der Waals surface area contributed by atoms with Gasteiger partial charge in [-0.25, -0.2) is 0 Å². The van der Waals surface area contributed by atoms with Crippen LogP contribution in [0, 0.1) is 6.92 Å². The van der Waals surface area contributed by atoms with E-state index < -0.39 is 0 Å². The van der Waals surface area contributed by atoms with E-state index in [4.69, 9.17) is 4.74 Å². The summed E-state index contributed by atoms with van der Waals surface area (Å²) in [4.78, 5) is 12.0. The number of carbonyl (C=O) groups is 1. The average Bonchev–Trinajstić information content (AvgIpc) is 2.42. The molecule has 2 unspecified atom stereocenters. The molecule has 0 amide bonds. The van der Waals surface area contributed by atoms with Crippen molar-refractivity contribution in [2.24, 2.45) is 0 Å². The van der Waals surface area contributed by atoms with Crippen LogP contribution in [0.2, 0.25) is 0 Å². The Morgan fingerprint density at radius 1 is 1.33 bits per heavy atom. The van der Waals surface area contributed by atoms with Crippen molar-refractivity contribution in [3.8, 4) is 0 Å². The molecule has 0 spiro atoms. The van der Waals surface area contributed by atoms with Crippen LogP contribution < -0.4 is 5.32 Å². The zero-order valence-electron chi connectivity index (χ0n) is 11.1. The molecule has 1 aromatic rings. The van der Waals surface area contributed by atoms with Crippen molar-refractivity contribution >= 4 is 5.97 Å². The monoisotopic (exact) mass is 247 g/mol. The van der Waals surface area contributed by atoms with Crippen molar-refractivity contribution in [3.63, 3.8) is 0 Å². The van der Waals surface area contributed by atoms with Crippen molar-refractivity contribution in [2.75, 3.05) is 13.7 Å². The first-order valence-corrected chi connectivity index (χ1v) is 6.60. The number of benzene rings is 1. The number of hydrogen-bond acceptors (Lipinski definition) is 3. The zero-order valence-corrected chi connectivity index (χ0v) is 11.1. The van der Waals surface area contributed by atoms with Crippen LogP contribution in [-0.4, -0.2) is 25.7 Å². The predicted molar refractivity (Wildman–Crippen MR) is 71.6 cm³/mol. The molecule has 2 rings (SSSR count). The van der Waals surface area contributed by atoms with Crippen molar-refractivity contribution in [2.45, 2.75) is 38.1 Å². The van der Waals surface area contributed by atoms with Gasteiger partial charge in [-0.15, -0.1) is 0 Å². The van der Waals surface area contributed by atoms with Gasteiger partial charge in [-0.05, 0) is 31.9 Å². The van der Waals surface area contributed by atoms with E-state index in [0.29, 0.717) is 0 Å². The maximum absolute atomic E-state index is 12.0. The summed E-state index contributed by atoms with van der Waals surface area (Å²) < 4.78 is 4.97. The number of hydrogen-bond donors (Lipinski definition) is 1. The Hall–Kier alpha value is -1.35. The van der Waals surface area contributed by atoms with Crippen LogP contribution in [0.25, 0.3) is 0 Å². The summed E-state index contributed by atoms with van der Waals surface area (Å²) >= 11 is 0. The second-order valence-corrected chi connectivity index (χ2v) is 4.97. The van der Waals surface area contributed by atoms with Gasteiger partial charge in [-0.2, -0.15) is 0 Å². The van der Waals surface area contributed by atoms with Crippen LogP contribution >= 0.6 is 0 Å². The average molecular weight is 247 g/mol. The third-order valence-electron chi connectivity index (χ3n) is 3.64. The summed E-state index contributed by atoms with van der Waals surface area (Å²) in [5.74, 6) is -0.325. The van der Waals surface area contributed by atoms with E-state index in [2.05, 4.69) is 12.2 Å². The zero-order chi connectivity index (χ0) is 13.0. The number of esters is 1. The number of ether oxygens (including phenoxy) is 1. The van der Waals surface area contributed by atoms with Crippen molar-refractivity contribution < 1.29 is 9.53 Å². The largest absolute Gasteiger partial charge is 0.469 e. The van der Waals surface area contributed by atoms with E-state index in [-0.39, 0.29) is 17.9 Å². The Morgan fingerprint density at radius 2 is 2.06 bits per heavy atom. The number of methoxy groups -OCH3 is 1. The predicted octanol–water partition coefficient (Wildman–Crippen LogP) is 2.39. The van der Waals surface area contributed by atoms with Gasteiger partial charge in [0.1, 0.15) is 0 Å². The van der Waals surface area contributed by atoms with E-state index in [9.17, 15) is 4.79 Å². The highest BCUT2D eigenvalue weighted by Crippen LogP contribution is 2.26. The first kappa shape index (κ1) is 13.1. The minimum Gasteiger partial charge on any atom is -0.469 e. The molecule has 3 nitrogen and oxygen atoms in total. The standard InChI is InChI=1S/C15H21NO2/c1-11-6-8-12(9-7-11)14(15(17)18-2)13-5-3-4-10-16-13/h6-9,13-14,16H,3-5,10H2,1-2H3. The third-order valence-corrected chi connectivity index (χ3v) is 3.64. The Labute approximate surface area is 109 Å². The Balaban J connectivity index is 2.23. The van der Waals surface area contributed by atoms with E-state index in [1.165, 1.54) is 25.5 Å². The molecule has 0 bridgehead atoms. The summed E-state index contributed by atoms with van der Waals surface area (Å²) in [6.07, 6.45) is 3.41. The lowest BCUT2D eigenvalue weighted by molar-refractivity contribution is -0.143. The van der Waals surface area contributed by atoms with Crippen LogP contribution in [0.5, 0.6) is 0 Å². The van der Waals surface area contributed by atoms with E-state index in [1.54, 1.807) is 0 Å². The highest BCUT2D eigenvalue weighted by molar-refractivity contribution is 5.79. The molecule has 0 aromatic heterocycles. The molecule has 0 radical (unpaired) electrons. The highest BCUT2D eigenvalue weighted by Gasteiger charge is 2.31. The lowest BCUT2D eigenvalue weighted by Gasteiger charge is -2.30. The second-order valence-electron chi connectivity index (χ2n) is 4.97. The normalized spacial score (nSPS) is 21.3. The summed E-state index contributed by atoms with van der Waals surface area (Å²) in [5, 5.41) is 3.45. The number of aryl methyl sites for hydroxylation is 1. The maximum Gasteiger partial charge on any atom is 0.314 e. The van der Waals surface area contributed by atoms with E-state index >= 15 is 0 Å².